The van der Waals surface area contributed by atoms with E-state index < -0.39 is 5.92 Å². The number of hydrogen-bond acceptors (Lipinski definition) is 4. The number of H-pyrrole nitrogens is 1. The molecule has 142 valence electrons. The summed E-state index contributed by atoms with van der Waals surface area (Å²) in [6, 6.07) is 14.0. The van der Waals surface area contributed by atoms with Crippen LogP contribution in [0.3, 0.4) is 0 Å². The molecule has 0 fully saturated rings. The van der Waals surface area contributed by atoms with Gasteiger partial charge in [0.2, 0.25) is 5.91 Å². The molecule has 1 aromatic heterocycles. The van der Waals surface area contributed by atoms with Crippen LogP contribution >= 0.6 is 11.8 Å². The molecule has 0 bridgehead atoms. The Bertz CT molecular complexity index is 1100. The highest BCUT2D eigenvalue weighted by Crippen LogP contribution is 2.34. The monoisotopic (exact) mass is 395 g/mol. The summed E-state index contributed by atoms with van der Waals surface area (Å²) in [6.45, 7) is 2.03. The molecular weight excluding hydrogens is 377 g/mol. The van der Waals surface area contributed by atoms with E-state index >= 15 is 0 Å². The van der Waals surface area contributed by atoms with Crippen molar-refractivity contribution in [2.24, 2.45) is 0 Å². The van der Waals surface area contributed by atoms with Crippen LogP contribution in [0.2, 0.25) is 0 Å². The van der Waals surface area contributed by atoms with E-state index in [1.165, 1.54) is 29.5 Å². The first-order valence-corrected chi connectivity index (χ1v) is 9.86. The molecule has 1 atom stereocenters. The fourth-order valence-electron chi connectivity index (χ4n) is 3.35. The summed E-state index contributed by atoms with van der Waals surface area (Å²) < 4.78 is 13.2. The van der Waals surface area contributed by atoms with Gasteiger partial charge in [0.15, 0.2) is 5.16 Å². The lowest BCUT2D eigenvalue weighted by atomic mass is 9.87. The van der Waals surface area contributed by atoms with Crippen LogP contribution in [0.5, 0.6) is 0 Å². The van der Waals surface area contributed by atoms with Crippen LogP contribution in [0.15, 0.2) is 58.5 Å². The van der Waals surface area contributed by atoms with Gasteiger partial charge in [0.1, 0.15) is 11.6 Å². The number of carbonyl (C=O) groups is 1. The Kier molecular flexibility index (Phi) is 5.00. The third kappa shape index (κ3) is 3.84. The van der Waals surface area contributed by atoms with Crippen molar-refractivity contribution in [2.45, 2.75) is 30.2 Å². The van der Waals surface area contributed by atoms with Gasteiger partial charge in [0.05, 0.1) is 5.56 Å². The quantitative estimate of drug-likeness (QED) is 0.518. The number of aryl methyl sites for hydroxylation is 1. The molecule has 0 spiro atoms. The van der Waals surface area contributed by atoms with Gasteiger partial charge in [-0.2, -0.15) is 0 Å². The summed E-state index contributed by atoms with van der Waals surface area (Å²) in [6.07, 6.45) is 0.124. The summed E-state index contributed by atoms with van der Waals surface area (Å²) in [4.78, 5) is 32.2. The van der Waals surface area contributed by atoms with E-state index in [9.17, 15) is 14.0 Å². The lowest BCUT2D eigenvalue weighted by Crippen LogP contribution is -2.31. The molecule has 2 aromatic carbocycles. The highest BCUT2D eigenvalue weighted by atomic mass is 32.2. The lowest BCUT2D eigenvalue weighted by Gasteiger charge is -2.24. The molecule has 2 N–H and O–H groups in total. The number of aromatic nitrogens is 2. The fraction of sp³-hybridized carbons (Fsp3) is 0.190. The second-order valence-corrected chi connectivity index (χ2v) is 7.73. The van der Waals surface area contributed by atoms with Gasteiger partial charge < -0.3 is 10.3 Å². The van der Waals surface area contributed by atoms with Crippen LogP contribution < -0.4 is 10.9 Å². The number of benzene rings is 2. The summed E-state index contributed by atoms with van der Waals surface area (Å²) in [5.41, 5.74) is 3.13. The minimum Gasteiger partial charge on any atom is -0.310 e. The molecular formula is C21H18FN3O2S. The number of carbonyl (C=O) groups excluding carboxylic acids is 1. The molecule has 0 aliphatic carbocycles. The molecule has 7 heteroatoms. The number of aromatic amines is 1. The second kappa shape index (κ2) is 7.59. The molecule has 2 heterocycles. The van der Waals surface area contributed by atoms with E-state index in [0.717, 1.165) is 5.56 Å². The zero-order chi connectivity index (χ0) is 19.7. The Balaban J connectivity index is 1.65. The molecule has 1 amide bonds. The number of rotatable bonds is 4. The Morgan fingerprint density at radius 1 is 1.18 bits per heavy atom. The number of thioether (sulfide) groups is 1. The average molecular weight is 395 g/mol. The predicted molar refractivity (Wildman–Crippen MR) is 107 cm³/mol. The molecule has 5 nitrogen and oxygen atoms in total. The first-order chi connectivity index (χ1) is 13.5. The van der Waals surface area contributed by atoms with Gasteiger partial charge >= 0.3 is 0 Å². The van der Waals surface area contributed by atoms with Crippen LogP contribution in [-0.2, 0) is 10.5 Å². The first-order valence-electron chi connectivity index (χ1n) is 8.87. The fourth-order valence-corrected chi connectivity index (χ4v) is 4.16. The zero-order valence-electron chi connectivity index (χ0n) is 15.2. The molecule has 3 aromatic rings. The second-order valence-electron chi connectivity index (χ2n) is 6.77. The maximum absolute atomic E-state index is 13.2. The number of halogens is 1. The van der Waals surface area contributed by atoms with Gasteiger partial charge in [-0.15, -0.1) is 0 Å². The molecule has 1 unspecified atom stereocenters. The molecule has 1 aliphatic heterocycles. The number of nitrogens with one attached hydrogen (secondary N) is 2. The summed E-state index contributed by atoms with van der Waals surface area (Å²) >= 11 is 1.40. The number of anilines is 1. The normalized spacial score (nSPS) is 15.8. The van der Waals surface area contributed by atoms with Crippen molar-refractivity contribution in [3.8, 4) is 0 Å². The number of hydrogen-bond donors (Lipinski definition) is 2. The maximum atomic E-state index is 13.2. The Morgan fingerprint density at radius 2 is 1.96 bits per heavy atom. The Hall–Kier alpha value is -2.93. The third-order valence-corrected chi connectivity index (χ3v) is 5.60. The van der Waals surface area contributed by atoms with Gasteiger partial charge in [0.25, 0.3) is 5.56 Å². The number of nitrogens with zero attached hydrogens (tertiary/aromatic N) is 1. The SMILES string of the molecule is Cc1cccc(CSc2nc3c(c(=O)[nH]2)C(c2ccc(F)cc2)CC(=O)N3)c1. The summed E-state index contributed by atoms with van der Waals surface area (Å²) in [5, 5.41) is 3.15. The van der Waals surface area contributed by atoms with Crippen LogP contribution in [-0.4, -0.2) is 15.9 Å². The average Bonchev–Trinajstić information content (AvgIpc) is 2.66. The highest BCUT2D eigenvalue weighted by molar-refractivity contribution is 7.98. The van der Waals surface area contributed by atoms with Crippen molar-refractivity contribution in [2.75, 3.05) is 5.32 Å². The van der Waals surface area contributed by atoms with E-state index in [4.69, 9.17) is 0 Å². The number of amides is 1. The topological polar surface area (TPSA) is 74.8 Å². The van der Waals surface area contributed by atoms with Gasteiger partial charge in [-0.1, -0.05) is 53.7 Å². The zero-order valence-corrected chi connectivity index (χ0v) is 16.0. The van der Waals surface area contributed by atoms with Gasteiger partial charge in [0, 0.05) is 18.1 Å². The van der Waals surface area contributed by atoms with Crippen LogP contribution in [0.4, 0.5) is 10.2 Å². The Labute approximate surface area is 165 Å². The van der Waals surface area contributed by atoms with Gasteiger partial charge in [-0.3, -0.25) is 9.59 Å². The predicted octanol–water partition coefficient (Wildman–Crippen LogP) is 3.98. The lowest BCUT2D eigenvalue weighted by molar-refractivity contribution is -0.116. The standard InChI is InChI=1S/C21H18FN3O2S/c1-12-3-2-4-13(9-12)11-28-21-24-19-18(20(27)25-21)16(10-17(26)23-19)14-5-7-15(22)8-6-14/h2-9,16H,10-11H2,1H3,(H2,23,24,25,26,27). The largest absolute Gasteiger partial charge is 0.310 e. The van der Waals surface area contributed by atoms with Crippen molar-refractivity contribution in [3.63, 3.8) is 0 Å². The van der Waals surface area contributed by atoms with Crippen molar-refractivity contribution < 1.29 is 9.18 Å². The van der Waals surface area contributed by atoms with E-state index in [0.29, 0.717) is 22.0 Å². The molecule has 28 heavy (non-hydrogen) atoms. The van der Waals surface area contributed by atoms with Crippen LogP contribution in [0, 0.1) is 12.7 Å². The molecule has 0 saturated carbocycles. The minimum atomic E-state index is -0.448. The number of fused-ring (bicyclic) bond motifs is 1. The van der Waals surface area contributed by atoms with Crippen LogP contribution in [0.1, 0.15) is 34.6 Å². The minimum absolute atomic E-state index is 0.124. The van der Waals surface area contributed by atoms with Crippen molar-refractivity contribution >= 4 is 23.5 Å². The van der Waals surface area contributed by atoms with E-state index in [1.54, 1.807) is 12.1 Å². The molecule has 1 aliphatic rings. The molecule has 0 radical (unpaired) electrons. The van der Waals surface area contributed by atoms with Crippen molar-refractivity contribution in [1.29, 1.82) is 0 Å². The Morgan fingerprint density at radius 3 is 2.71 bits per heavy atom. The van der Waals surface area contributed by atoms with Crippen molar-refractivity contribution in [1.82, 2.24) is 9.97 Å². The van der Waals surface area contributed by atoms with E-state index in [-0.39, 0.29) is 29.5 Å². The summed E-state index contributed by atoms with van der Waals surface area (Å²) in [7, 11) is 0. The van der Waals surface area contributed by atoms with Gasteiger partial charge in [-0.25, -0.2) is 9.37 Å². The van der Waals surface area contributed by atoms with Gasteiger partial charge in [-0.05, 0) is 30.2 Å². The maximum Gasteiger partial charge on any atom is 0.257 e. The molecule has 4 rings (SSSR count). The summed E-state index contributed by atoms with van der Waals surface area (Å²) in [5.74, 6) is -0.0927. The van der Waals surface area contributed by atoms with Crippen molar-refractivity contribution in [3.05, 3.63) is 87.0 Å². The smallest absolute Gasteiger partial charge is 0.257 e. The molecule has 0 saturated heterocycles. The first kappa shape index (κ1) is 18.4. The van der Waals surface area contributed by atoms with Crippen LogP contribution in [0.25, 0.3) is 0 Å². The van der Waals surface area contributed by atoms with E-state index in [2.05, 4.69) is 21.4 Å². The highest BCUT2D eigenvalue weighted by Gasteiger charge is 2.30. The third-order valence-electron chi connectivity index (χ3n) is 4.66. The van der Waals surface area contributed by atoms with E-state index in [1.807, 2.05) is 25.1 Å².